The average Bonchev–Trinajstić information content (AvgIpc) is 2.93. The minimum atomic E-state index is -0.515. The van der Waals surface area contributed by atoms with Crippen LogP contribution in [0.2, 0.25) is 0 Å². The van der Waals surface area contributed by atoms with Crippen molar-refractivity contribution in [2.75, 3.05) is 13.2 Å². The van der Waals surface area contributed by atoms with Crippen molar-refractivity contribution in [3.8, 4) is 0 Å². The molecule has 0 amide bonds. The second kappa shape index (κ2) is 7.74. The van der Waals surface area contributed by atoms with Gasteiger partial charge in [0.2, 0.25) is 0 Å². The van der Waals surface area contributed by atoms with Crippen LogP contribution in [0.3, 0.4) is 0 Å². The van der Waals surface area contributed by atoms with Gasteiger partial charge in [-0.25, -0.2) is 0 Å². The second-order valence-electron chi connectivity index (χ2n) is 4.36. The third-order valence-corrected chi connectivity index (χ3v) is 2.69. The Morgan fingerprint density at radius 1 is 1.16 bits per heavy atom. The molecule has 0 fully saturated rings. The third-order valence-electron chi connectivity index (χ3n) is 2.69. The van der Waals surface area contributed by atoms with Gasteiger partial charge in [0, 0.05) is 13.1 Å². The van der Waals surface area contributed by atoms with Gasteiger partial charge in [-0.05, 0) is 17.7 Å². The molecular formula is C15H19NO3. The molecule has 0 aliphatic carbocycles. The average molecular weight is 261 g/mol. The van der Waals surface area contributed by atoms with Crippen molar-refractivity contribution >= 4 is 0 Å². The van der Waals surface area contributed by atoms with Crippen LogP contribution < -0.4 is 5.32 Å². The zero-order valence-electron chi connectivity index (χ0n) is 10.8. The fraction of sp³-hybridized carbons (Fsp3) is 0.333. The highest BCUT2D eigenvalue weighted by Gasteiger charge is 2.04. The Kier molecular flexibility index (Phi) is 5.62. The predicted molar refractivity (Wildman–Crippen MR) is 72.5 cm³/mol. The fourth-order valence-electron chi connectivity index (χ4n) is 1.73. The van der Waals surface area contributed by atoms with E-state index in [9.17, 15) is 5.11 Å². The first-order chi connectivity index (χ1) is 9.34. The fourth-order valence-corrected chi connectivity index (χ4v) is 1.73. The summed E-state index contributed by atoms with van der Waals surface area (Å²) in [5, 5.41) is 12.9. The van der Waals surface area contributed by atoms with Crippen molar-refractivity contribution in [3.63, 3.8) is 0 Å². The Balaban J connectivity index is 1.56. The monoisotopic (exact) mass is 261 g/mol. The molecule has 0 radical (unpaired) electrons. The molecule has 19 heavy (non-hydrogen) atoms. The van der Waals surface area contributed by atoms with Crippen molar-refractivity contribution in [1.29, 1.82) is 0 Å². The van der Waals surface area contributed by atoms with E-state index in [0.717, 1.165) is 12.3 Å². The number of nitrogens with one attached hydrogen (secondary N) is 1. The summed E-state index contributed by atoms with van der Waals surface area (Å²) in [6.07, 6.45) is 1.09. The van der Waals surface area contributed by atoms with Crippen LogP contribution in [-0.2, 0) is 17.9 Å². The molecule has 102 valence electrons. The van der Waals surface area contributed by atoms with E-state index < -0.39 is 6.10 Å². The van der Waals surface area contributed by atoms with Gasteiger partial charge in [0.25, 0.3) is 0 Å². The van der Waals surface area contributed by atoms with Crippen molar-refractivity contribution in [2.45, 2.75) is 19.3 Å². The molecule has 2 N–H and O–H groups in total. The van der Waals surface area contributed by atoms with Crippen molar-refractivity contribution in [1.82, 2.24) is 5.32 Å². The summed E-state index contributed by atoms with van der Waals surface area (Å²) in [6, 6.07) is 13.7. The number of hydrogen-bond donors (Lipinski definition) is 2. The number of aliphatic hydroxyl groups is 1. The molecule has 1 atom stereocenters. The van der Waals surface area contributed by atoms with Crippen molar-refractivity contribution in [2.24, 2.45) is 0 Å². The van der Waals surface area contributed by atoms with Gasteiger partial charge in [-0.1, -0.05) is 30.3 Å². The van der Waals surface area contributed by atoms with E-state index in [-0.39, 0.29) is 0 Å². The van der Waals surface area contributed by atoms with Crippen LogP contribution in [-0.4, -0.2) is 24.4 Å². The van der Waals surface area contributed by atoms with Crippen LogP contribution in [0.4, 0.5) is 0 Å². The van der Waals surface area contributed by atoms with Crippen LogP contribution in [0.15, 0.2) is 53.1 Å². The van der Waals surface area contributed by atoms with Crippen LogP contribution in [0.1, 0.15) is 11.3 Å². The Hall–Kier alpha value is -1.62. The lowest BCUT2D eigenvalue weighted by Gasteiger charge is -2.12. The molecule has 0 saturated carbocycles. The zero-order chi connectivity index (χ0) is 13.3. The van der Waals surface area contributed by atoms with Gasteiger partial charge in [0.05, 0.1) is 19.0 Å². The molecule has 1 aromatic carbocycles. The summed E-state index contributed by atoms with van der Waals surface area (Å²) in [5.41, 5.74) is 1.20. The van der Waals surface area contributed by atoms with Crippen LogP contribution in [0, 0.1) is 0 Å². The Morgan fingerprint density at radius 3 is 2.74 bits per heavy atom. The maximum absolute atomic E-state index is 9.74. The summed E-state index contributed by atoms with van der Waals surface area (Å²) < 4.78 is 10.5. The van der Waals surface area contributed by atoms with Gasteiger partial charge in [0.15, 0.2) is 0 Å². The molecule has 4 heteroatoms. The molecule has 0 bridgehead atoms. The summed E-state index contributed by atoms with van der Waals surface area (Å²) in [7, 11) is 0. The van der Waals surface area contributed by atoms with E-state index >= 15 is 0 Å². The van der Waals surface area contributed by atoms with Crippen molar-refractivity contribution < 1.29 is 14.3 Å². The van der Waals surface area contributed by atoms with E-state index in [1.807, 2.05) is 42.5 Å². The minimum Gasteiger partial charge on any atom is -0.467 e. The number of rotatable bonds is 8. The molecule has 1 aromatic heterocycles. The van der Waals surface area contributed by atoms with Crippen LogP contribution >= 0.6 is 0 Å². The standard InChI is InChI=1S/C15H19NO3/c17-14(11-18-12-15-7-4-8-19-15)10-16-9-13-5-2-1-3-6-13/h1-8,14,16-17H,9-12H2/t14-/m0/s1. The maximum Gasteiger partial charge on any atom is 0.129 e. The summed E-state index contributed by atoms with van der Waals surface area (Å²) in [4.78, 5) is 0. The zero-order valence-corrected chi connectivity index (χ0v) is 10.8. The van der Waals surface area contributed by atoms with Crippen molar-refractivity contribution in [3.05, 3.63) is 60.1 Å². The number of furan rings is 1. The van der Waals surface area contributed by atoms with Crippen LogP contribution in [0.25, 0.3) is 0 Å². The van der Waals surface area contributed by atoms with E-state index in [1.165, 1.54) is 5.56 Å². The van der Waals surface area contributed by atoms with Crippen LogP contribution in [0.5, 0.6) is 0 Å². The Morgan fingerprint density at radius 2 is 2.00 bits per heavy atom. The van der Waals surface area contributed by atoms with Gasteiger partial charge >= 0.3 is 0 Å². The minimum absolute atomic E-state index is 0.294. The number of ether oxygens (including phenoxy) is 1. The molecule has 0 aliphatic heterocycles. The Bertz CT molecular complexity index is 442. The van der Waals surface area contributed by atoms with Gasteiger partial charge < -0.3 is 19.6 Å². The third kappa shape index (κ3) is 5.26. The SMILES string of the molecule is O[C@@H](CNCc1ccccc1)COCc1ccco1. The Labute approximate surface area is 113 Å². The number of aliphatic hydroxyl groups excluding tert-OH is 1. The first-order valence-corrected chi connectivity index (χ1v) is 6.37. The quantitative estimate of drug-likeness (QED) is 0.762. The van der Waals surface area contributed by atoms with Gasteiger partial charge in [-0.3, -0.25) is 0 Å². The summed E-state index contributed by atoms with van der Waals surface area (Å²) in [6.45, 7) is 1.94. The predicted octanol–water partition coefficient (Wildman–Crippen LogP) is 1.95. The largest absolute Gasteiger partial charge is 0.467 e. The smallest absolute Gasteiger partial charge is 0.129 e. The molecule has 2 aromatic rings. The topological polar surface area (TPSA) is 54.6 Å². The highest BCUT2D eigenvalue weighted by molar-refractivity contribution is 5.14. The lowest BCUT2D eigenvalue weighted by Crippen LogP contribution is -2.30. The first-order valence-electron chi connectivity index (χ1n) is 6.37. The van der Waals surface area contributed by atoms with E-state index in [4.69, 9.17) is 9.15 Å². The maximum atomic E-state index is 9.74. The lowest BCUT2D eigenvalue weighted by molar-refractivity contribution is 0.0226. The highest BCUT2D eigenvalue weighted by atomic mass is 16.5. The molecule has 4 nitrogen and oxygen atoms in total. The van der Waals surface area contributed by atoms with Gasteiger partial charge in [-0.2, -0.15) is 0 Å². The molecule has 0 aliphatic rings. The lowest BCUT2D eigenvalue weighted by atomic mass is 10.2. The first kappa shape index (κ1) is 13.8. The molecule has 1 heterocycles. The molecule has 0 spiro atoms. The van der Waals surface area contributed by atoms with E-state index in [2.05, 4.69) is 5.32 Å². The molecule has 0 unspecified atom stereocenters. The van der Waals surface area contributed by atoms with E-state index in [1.54, 1.807) is 6.26 Å². The molecular weight excluding hydrogens is 242 g/mol. The highest BCUT2D eigenvalue weighted by Crippen LogP contribution is 2.02. The molecule has 2 rings (SSSR count). The number of benzene rings is 1. The summed E-state index contributed by atoms with van der Waals surface area (Å²) in [5.74, 6) is 0.768. The van der Waals surface area contributed by atoms with E-state index in [0.29, 0.717) is 19.8 Å². The normalized spacial score (nSPS) is 12.5. The second-order valence-corrected chi connectivity index (χ2v) is 4.36. The molecule has 0 saturated heterocycles. The van der Waals surface area contributed by atoms with Gasteiger partial charge in [0.1, 0.15) is 12.4 Å². The number of hydrogen-bond acceptors (Lipinski definition) is 4. The summed E-state index contributed by atoms with van der Waals surface area (Å²) >= 11 is 0. The van der Waals surface area contributed by atoms with Gasteiger partial charge in [-0.15, -0.1) is 0 Å².